The zero-order chi connectivity index (χ0) is 17.2. The van der Waals surface area contributed by atoms with E-state index in [9.17, 15) is 4.79 Å². The fourth-order valence-corrected chi connectivity index (χ4v) is 2.94. The van der Waals surface area contributed by atoms with Crippen molar-refractivity contribution in [3.05, 3.63) is 93.9 Å². The van der Waals surface area contributed by atoms with Crippen LogP contribution in [-0.4, -0.2) is 14.8 Å². The number of hydrogen-bond acceptors (Lipinski definition) is 3. The third-order valence-corrected chi connectivity index (χ3v) is 4.33. The zero-order valence-corrected chi connectivity index (χ0v) is 14.0. The number of hydrogen-bond donors (Lipinski definition) is 0. The predicted octanol–water partition coefficient (Wildman–Crippen LogP) is 4.16. The smallest absolute Gasteiger partial charge is 0.267 e. The molecule has 0 saturated heterocycles. The van der Waals surface area contributed by atoms with E-state index in [4.69, 9.17) is 11.6 Å². The van der Waals surface area contributed by atoms with Crippen LogP contribution in [0.1, 0.15) is 5.56 Å². The average molecular weight is 348 g/mol. The van der Waals surface area contributed by atoms with Crippen molar-refractivity contribution in [3.63, 3.8) is 0 Å². The molecule has 2 aromatic carbocycles. The largest absolute Gasteiger partial charge is 0.268 e. The molecular formula is C20H14ClN3O. The van der Waals surface area contributed by atoms with Gasteiger partial charge in [-0.1, -0.05) is 60.1 Å². The van der Waals surface area contributed by atoms with Gasteiger partial charge in [0.05, 0.1) is 17.8 Å². The first-order valence-electron chi connectivity index (χ1n) is 7.88. The molecule has 0 atom stereocenters. The molecule has 25 heavy (non-hydrogen) atoms. The molecule has 2 heterocycles. The summed E-state index contributed by atoms with van der Waals surface area (Å²) in [6, 6.07) is 22.7. The van der Waals surface area contributed by atoms with Crippen molar-refractivity contribution in [2.24, 2.45) is 0 Å². The maximum Gasteiger partial charge on any atom is 0.267 e. The van der Waals surface area contributed by atoms with Gasteiger partial charge in [-0.15, -0.1) is 0 Å². The van der Waals surface area contributed by atoms with Gasteiger partial charge in [0.1, 0.15) is 5.15 Å². The van der Waals surface area contributed by atoms with E-state index in [1.54, 1.807) is 6.07 Å². The van der Waals surface area contributed by atoms with Crippen molar-refractivity contribution < 1.29 is 0 Å². The molecule has 0 bridgehead atoms. The molecule has 4 rings (SSSR count). The molecule has 0 saturated carbocycles. The topological polar surface area (TPSA) is 47.8 Å². The van der Waals surface area contributed by atoms with Crippen molar-refractivity contribution >= 4 is 22.5 Å². The second-order valence-corrected chi connectivity index (χ2v) is 6.07. The number of rotatable bonds is 3. The molecule has 0 aliphatic heterocycles. The summed E-state index contributed by atoms with van der Waals surface area (Å²) in [5, 5.41) is 5.84. The van der Waals surface area contributed by atoms with Gasteiger partial charge in [-0.3, -0.25) is 4.79 Å². The van der Waals surface area contributed by atoms with Crippen LogP contribution in [0, 0.1) is 0 Å². The van der Waals surface area contributed by atoms with E-state index in [1.165, 1.54) is 10.7 Å². The van der Waals surface area contributed by atoms with E-state index < -0.39 is 0 Å². The van der Waals surface area contributed by atoms with Gasteiger partial charge in [0.25, 0.3) is 5.56 Å². The number of fused-ring (bicyclic) bond motifs is 1. The molecule has 0 fully saturated rings. The Labute approximate surface area is 149 Å². The summed E-state index contributed by atoms with van der Waals surface area (Å²) >= 11 is 6.31. The normalized spacial score (nSPS) is 10.9. The Kier molecular flexibility index (Phi) is 4.04. The van der Waals surface area contributed by atoms with Crippen molar-refractivity contribution in [2.75, 3.05) is 0 Å². The van der Waals surface area contributed by atoms with Gasteiger partial charge in [0, 0.05) is 22.6 Å². The summed E-state index contributed by atoms with van der Waals surface area (Å²) in [5.41, 5.74) is 3.11. The quantitative estimate of drug-likeness (QED) is 0.523. The van der Waals surface area contributed by atoms with Crippen LogP contribution >= 0.6 is 11.6 Å². The maximum atomic E-state index is 12.2. The molecule has 0 aliphatic carbocycles. The van der Waals surface area contributed by atoms with Gasteiger partial charge in [-0.2, -0.15) is 5.10 Å². The highest BCUT2D eigenvalue weighted by atomic mass is 35.5. The minimum atomic E-state index is -0.177. The minimum Gasteiger partial charge on any atom is -0.268 e. The number of para-hydroxylation sites is 1. The Hall–Kier alpha value is -2.98. The summed E-state index contributed by atoms with van der Waals surface area (Å²) in [5.74, 6) is 0. The molecule has 2 aromatic heterocycles. The molecule has 5 heteroatoms. The van der Waals surface area contributed by atoms with E-state index in [2.05, 4.69) is 10.1 Å². The standard InChI is InChI=1S/C20H14ClN3O/c21-20-16(12-15-8-4-5-9-17(15)22-20)13-24-19(25)11-10-18(23-24)14-6-2-1-3-7-14/h1-12H,13H2. The van der Waals surface area contributed by atoms with Gasteiger partial charge < -0.3 is 0 Å². The molecule has 4 aromatic rings. The Balaban J connectivity index is 1.76. The monoisotopic (exact) mass is 347 g/mol. The van der Waals surface area contributed by atoms with E-state index in [0.717, 1.165) is 27.7 Å². The number of nitrogens with zero attached hydrogens (tertiary/aromatic N) is 3. The van der Waals surface area contributed by atoms with Gasteiger partial charge >= 0.3 is 0 Å². The third-order valence-electron chi connectivity index (χ3n) is 4.01. The number of benzene rings is 2. The van der Waals surface area contributed by atoms with Gasteiger partial charge in [0.2, 0.25) is 0 Å². The van der Waals surface area contributed by atoms with E-state index in [1.807, 2.05) is 60.7 Å². The first-order chi connectivity index (χ1) is 12.2. The predicted molar refractivity (Wildman–Crippen MR) is 99.8 cm³/mol. The summed E-state index contributed by atoms with van der Waals surface area (Å²) in [7, 11) is 0. The molecule has 0 spiro atoms. The summed E-state index contributed by atoms with van der Waals surface area (Å²) in [6.07, 6.45) is 0. The lowest BCUT2D eigenvalue weighted by atomic mass is 10.1. The SMILES string of the molecule is O=c1ccc(-c2ccccc2)nn1Cc1cc2ccccc2nc1Cl. The van der Waals surface area contributed by atoms with Crippen LogP contribution in [-0.2, 0) is 6.54 Å². The van der Waals surface area contributed by atoms with E-state index in [-0.39, 0.29) is 12.1 Å². The van der Waals surface area contributed by atoms with Gasteiger partial charge in [-0.05, 0) is 18.2 Å². The van der Waals surface area contributed by atoms with Crippen LogP contribution in [0.2, 0.25) is 5.15 Å². The number of pyridine rings is 1. The van der Waals surface area contributed by atoms with Crippen molar-refractivity contribution in [3.8, 4) is 11.3 Å². The zero-order valence-electron chi connectivity index (χ0n) is 13.3. The molecule has 0 radical (unpaired) electrons. The highest BCUT2D eigenvalue weighted by Gasteiger charge is 2.09. The van der Waals surface area contributed by atoms with Crippen LogP contribution in [0.4, 0.5) is 0 Å². The first-order valence-corrected chi connectivity index (χ1v) is 8.26. The van der Waals surface area contributed by atoms with Crippen LogP contribution in [0.25, 0.3) is 22.2 Å². The lowest BCUT2D eigenvalue weighted by molar-refractivity contribution is 0.642. The van der Waals surface area contributed by atoms with Gasteiger partial charge in [-0.25, -0.2) is 9.67 Å². The van der Waals surface area contributed by atoms with Crippen molar-refractivity contribution in [1.29, 1.82) is 0 Å². The fourth-order valence-electron chi connectivity index (χ4n) is 2.73. The Morgan fingerprint density at radius 1 is 0.920 bits per heavy atom. The molecule has 122 valence electrons. The molecule has 0 amide bonds. The van der Waals surface area contributed by atoms with Crippen LogP contribution in [0.5, 0.6) is 0 Å². The van der Waals surface area contributed by atoms with Crippen LogP contribution < -0.4 is 5.56 Å². The van der Waals surface area contributed by atoms with Crippen LogP contribution in [0.15, 0.2) is 77.6 Å². The number of halogens is 1. The molecule has 4 nitrogen and oxygen atoms in total. The molecule has 0 aliphatic rings. The van der Waals surface area contributed by atoms with Gasteiger partial charge in [0.15, 0.2) is 0 Å². The second kappa shape index (κ2) is 6.49. The highest BCUT2D eigenvalue weighted by Crippen LogP contribution is 2.21. The summed E-state index contributed by atoms with van der Waals surface area (Å²) in [6.45, 7) is 0.274. The molecule has 0 unspecified atom stereocenters. The second-order valence-electron chi connectivity index (χ2n) is 5.71. The third kappa shape index (κ3) is 3.16. The van der Waals surface area contributed by atoms with Crippen molar-refractivity contribution in [2.45, 2.75) is 6.54 Å². The lowest BCUT2D eigenvalue weighted by Crippen LogP contribution is -2.23. The molecular weight excluding hydrogens is 334 g/mol. The lowest BCUT2D eigenvalue weighted by Gasteiger charge is -2.09. The van der Waals surface area contributed by atoms with Crippen LogP contribution in [0.3, 0.4) is 0 Å². The number of aromatic nitrogens is 3. The maximum absolute atomic E-state index is 12.2. The summed E-state index contributed by atoms with van der Waals surface area (Å²) in [4.78, 5) is 16.6. The minimum absolute atomic E-state index is 0.177. The fraction of sp³-hybridized carbons (Fsp3) is 0.0500. The molecule has 0 N–H and O–H groups in total. The Bertz CT molecular complexity index is 1110. The average Bonchev–Trinajstić information content (AvgIpc) is 2.65. The van der Waals surface area contributed by atoms with E-state index in [0.29, 0.717) is 5.15 Å². The Morgan fingerprint density at radius 3 is 2.52 bits per heavy atom. The first kappa shape index (κ1) is 15.5. The highest BCUT2D eigenvalue weighted by molar-refractivity contribution is 6.30. The van der Waals surface area contributed by atoms with Crippen molar-refractivity contribution in [1.82, 2.24) is 14.8 Å². The Morgan fingerprint density at radius 2 is 1.68 bits per heavy atom. The summed E-state index contributed by atoms with van der Waals surface area (Å²) < 4.78 is 1.42. The van der Waals surface area contributed by atoms with E-state index >= 15 is 0 Å².